The standard InChI is InChI=1S/C21H31N3O2S/c1-13(2)12-24(14-7-8-15(18(25)26)22-11-14)19-23-16-17(27-19)21(5,6)10-9-20(16,3)4/h7-8,11,13,18,25-26H,9-10,12H2,1-6H3. The van der Waals surface area contributed by atoms with Crippen LogP contribution in [-0.4, -0.2) is 26.7 Å². The molecule has 0 spiro atoms. The Morgan fingerprint density at radius 2 is 1.78 bits per heavy atom. The van der Waals surface area contributed by atoms with Crippen LogP contribution in [0.2, 0.25) is 0 Å². The van der Waals surface area contributed by atoms with Crippen molar-refractivity contribution < 1.29 is 10.2 Å². The average Bonchev–Trinajstić information content (AvgIpc) is 3.05. The molecular weight excluding hydrogens is 358 g/mol. The fourth-order valence-corrected chi connectivity index (χ4v) is 4.97. The van der Waals surface area contributed by atoms with E-state index in [1.54, 1.807) is 23.6 Å². The van der Waals surface area contributed by atoms with Crippen molar-refractivity contribution in [1.82, 2.24) is 9.97 Å². The van der Waals surface area contributed by atoms with Crippen LogP contribution >= 0.6 is 11.3 Å². The topological polar surface area (TPSA) is 69.5 Å². The van der Waals surface area contributed by atoms with Gasteiger partial charge in [0, 0.05) is 22.3 Å². The molecule has 0 saturated carbocycles. The molecule has 27 heavy (non-hydrogen) atoms. The molecule has 5 nitrogen and oxygen atoms in total. The summed E-state index contributed by atoms with van der Waals surface area (Å²) < 4.78 is 0. The van der Waals surface area contributed by atoms with Gasteiger partial charge in [0.1, 0.15) is 0 Å². The quantitative estimate of drug-likeness (QED) is 0.728. The molecule has 1 aliphatic carbocycles. The Kier molecular flexibility index (Phi) is 5.36. The van der Waals surface area contributed by atoms with Crippen molar-refractivity contribution in [3.63, 3.8) is 0 Å². The molecule has 2 aromatic heterocycles. The highest BCUT2D eigenvalue weighted by molar-refractivity contribution is 7.16. The summed E-state index contributed by atoms with van der Waals surface area (Å²) >= 11 is 1.79. The number of aliphatic hydroxyl groups excluding tert-OH is 1. The molecule has 3 rings (SSSR count). The number of rotatable bonds is 5. The summed E-state index contributed by atoms with van der Waals surface area (Å²) in [6.07, 6.45) is 2.47. The molecule has 1 aliphatic rings. The molecule has 0 aromatic carbocycles. The largest absolute Gasteiger partial charge is 0.363 e. The summed E-state index contributed by atoms with van der Waals surface area (Å²) in [6, 6.07) is 3.55. The first-order valence-corrected chi connectivity index (χ1v) is 10.4. The van der Waals surface area contributed by atoms with Gasteiger partial charge >= 0.3 is 0 Å². The zero-order chi connectivity index (χ0) is 20.0. The van der Waals surface area contributed by atoms with Gasteiger partial charge < -0.3 is 15.1 Å². The van der Waals surface area contributed by atoms with Gasteiger partial charge in [-0.2, -0.15) is 0 Å². The van der Waals surface area contributed by atoms with Crippen LogP contribution in [-0.2, 0) is 10.8 Å². The van der Waals surface area contributed by atoms with E-state index in [4.69, 9.17) is 4.98 Å². The molecule has 0 radical (unpaired) electrons. The number of nitrogens with zero attached hydrogens (tertiary/aromatic N) is 3. The van der Waals surface area contributed by atoms with E-state index in [1.165, 1.54) is 17.0 Å². The second kappa shape index (κ2) is 7.15. The molecule has 0 bridgehead atoms. The third-order valence-electron chi connectivity index (χ3n) is 5.37. The molecule has 6 heteroatoms. The van der Waals surface area contributed by atoms with Gasteiger partial charge in [-0.15, -0.1) is 11.3 Å². The molecular formula is C21H31N3O2S. The maximum atomic E-state index is 9.31. The molecule has 2 N–H and O–H groups in total. The summed E-state index contributed by atoms with van der Waals surface area (Å²) in [5.41, 5.74) is 2.64. The van der Waals surface area contributed by atoms with Crippen molar-refractivity contribution in [1.29, 1.82) is 0 Å². The lowest BCUT2D eigenvalue weighted by molar-refractivity contribution is -0.0458. The molecule has 148 valence electrons. The summed E-state index contributed by atoms with van der Waals surface area (Å²) in [7, 11) is 0. The van der Waals surface area contributed by atoms with Crippen molar-refractivity contribution >= 4 is 22.2 Å². The Morgan fingerprint density at radius 1 is 1.11 bits per heavy atom. The van der Waals surface area contributed by atoms with Crippen LogP contribution in [0.1, 0.15) is 76.9 Å². The molecule has 0 saturated heterocycles. The predicted molar refractivity (Wildman–Crippen MR) is 111 cm³/mol. The Morgan fingerprint density at radius 3 is 2.30 bits per heavy atom. The first kappa shape index (κ1) is 20.2. The third-order valence-corrected chi connectivity index (χ3v) is 6.82. The van der Waals surface area contributed by atoms with Crippen molar-refractivity contribution in [2.24, 2.45) is 5.92 Å². The molecule has 2 heterocycles. The van der Waals surface area contributed by atoms with Gasteiger partial charge in [0.2, 0.25) is 0 Å². The van der Waals surface area contributed by atoms with E-state index in [1.807, 2.05) is 6.07 Å². The lowest BCUT2D eigenvalue weighted by atomic mass is 9.69. The fraction of sp³-hybridized carbons (Fsp3) is 0.619. The van der Waals surface area contributed by atoms with Crippen LogP contribution in [0.25, 0.3) is 0 Å². The number of thiazole rings is 1. The van der Waals surface area contributed by atoms with Gasteiger partial charge in [-0.25, -0.2) is 4.98 Å². The number of aliphatic hydroxyl groups is 2. The minimum Gasteiger partial charge on any atom is -0.363 e. The zero-order valence-electron chi connectivity index (χ0n) is 17.2. The van der Waals surface area contributed by atoms with Crippen LogP contribution in [0, 0.1) is 5.92 Å². The third kappa shape index (κ3) is 4.03. The van der Waals surface area contributed by atoms with E-state index in [0.29, 0.717) is 5.92 Å². The summed E-state index contributed by atoms with van der Waals surface area (Å²) in [5, 5.41) is 19.6. The van der Waals surface area contributed by atoms with Gasteiger partial charge in [0.05, 0.1) is 23.3 Å². The van der Waals surface area contributed by atoms with Crippen LogP contribution in [0.15, 0.2) is 18.3 Å². The van der Waals surface area contributed by atoms with Crippen LogP contribution < -0.4 is 4.90 Å². The van der Waals surface area contributed by atoms with Gasteiger partial charge in [-0.1, -0.05) is 41.5 Å². The molecule has 2 aromatic rings. The fourth-order valence-electron chi connectivity index (χ4n) is 3.57. The van der Waals surface area contributed by atoms with E-state index in [2.05, 4.69) is 51.4 Å². The van der Waals surface area contributed by atoms with Crippen LogP contribution in [0.4, 0.5) is 10.8 Å². The second-order valence-corrected chi connectivity index (χ2v) is 10.2. The van der Waals surface area contributed by atoms with E-state index in [-0.39, 0.29) is 16.5 Å². The molecule has 0 aliphatic heterocycles. The Hall–Kier alpha value is -1.50. The highest BCUT2D eigenvalue weighted by Gasteiger charge is 2.41. The molecule has 0 unspecified atom stereocenters. The smallest absolute Gasteiger partial charge is 0.196 e. The van der Waals surface area contributed by atoms with Gasteiger partial charge in [0.15, 0.2) is 11.4 Å². The number of aromatic nitrogens is 2. The lowest BCUT2D eigenvalue weighted by Gasteiger charge is -2.37. The summed E-state index contributed by atoms with van der Waals surface area (Å²) in [4.78, 5) is 12.9. The average molecular weight is 390 g/mol. The van der Waals surface area contributed by atoms with Crippen molar-refractivity contribution in [2.45, 2.75) is 71.5 Å². The molecule has 0 fully saturated rings. The normalized spacial score (nSPS) is 18.0. The van der Waals surface area contributed by atoms with Gasteiger partial charge in [-0.05, 0) is 30.9 Å². The number of pyridine rings is 1. The Labute approximate surface area is 166 Å². The maximum absolute atomic E-state index is 9.31. The second-order valence-electron chi connectivity index (χ2n) is 9.26. The monoisotopic (exact) mass is 389 g/mol. The van der Waals surface area contributed by atoms with E-state index >= 15 is 0 Å². The van der Waals surface area contributed by atoms with Crippen LogP contribution in [0.3, 0.4) is 0 Å². The molecule has 0 atom stereocenters. The van der Waals surface area contributed by atoms with Gasteiger partial charge in [0.25, 0.3) is 0 Å². The summed E-state index contributed by atoms with van der Waals surface area (Å²) in [5.74, 6) is 0.454. The first-order chi connectivity index (χ1) is 12.5. The predicted octanol–water partition coefficient (Wildman–Crippen LogP) is 4.66. The Bertz CT molecular complexity index is 761. The summed E-state index contributed by atoms with van der Waals surface area (Å²) in [6.45, 7) is 14.4. The van der Waals surface area contributed by atoms with Crippen LogP contribution in [0.5, 0.6) is 0 Å². The Balaban J connectivity index is 2.05. The lowest BCUT2D eigenvalue weighted by Crippen LogP contribution is -2.32. The van der Waals surface area contributed by atoms with E-state index in [0.717, 1.165) is 23.8 Å². The van der Waals surface area contributed by atoms with Crippen molar-refractivity contribution in [3.8, 4) is 0 Å². The van der Waals surface area contributed by atoms with E-state index in [9.17, 15) is 10.2 Å². The van der Waals surface area contributed by atoms with Crippen molar-refractivity contribution in [2.75, 3.05) is 11.4 Å². The number of hydrogen-bond donors (Lipinski definition) is 2. The van der Waals surface area contributed by atoms with Gasteiger partial charge in [-0.3, -0.25) is 4.98 Å². The number of fused-ring (bicyclic) bond motifs is 1. The molecule has 0 amide bonds. The maximum Gasteiger partial charge on any atom is 0.196 e. The number of anilines is 2. The SMILES string of the molecule is CC(C)CN(c1ccc(C(O)O)nc1)c1nc2c(s1)C(C)(C)CCC2(C)C. The van der Waals surface area contributed by atoms with Crippen molar-refractivity contribution in [3.05, 3.63) is 34.6 Å². The highest BCUT2D eigenvalue weighted by Crippen LogP contribution is 2.50. The first-order valence-electron chi connectivity index (χ1n) is 9.63. The number of hydrogen-bond acceptors (Lipinski definition) is 6. The highest BCUT2D eigenvalue weighted by atomic mass is 32.1. The minimum atomic E-state index is -1.55. The minimum absolute atomic E-state index is 0.0895. The zero-order valence-corrected chi connectivity index (χ0v) is 18.0. The van der Waals surface area contributed by atoms with E-state index < -0.39 is 6.29 Å².